The molecule has 0 aromatic heterocycles. The van der Waals surface area contributed by atoms with Crippen molar-refractivity contribution in [3.05, 3.63) is 0 Å². The number of hydrogen-bond acceptors (Lipinski definition) is 31. The minimum Gasteiger partial charge on any atom is -0.394 e. The largest absolute Gasteiger partial charge is 0.394 e. The Kier molecular flexibility index (Phi) is 17.6. The Morgan fingerprint density at radius 1 is 0.313 bits per heavy atom. The average molecular weight is 991 g/mol. The van der Waals surface area contributed by atoms with Crippen LogP contribution in [0.15, 0.2) is 0 Å². The summed E-state index contributed by atoms with van der Waals surface area (Å²) >= 11 is 0. The maximum atomic E-state index is 11.5. The third-order valence-corrected chi connectivity index (χ3v) is 12.9. The summed E-state index contributed by atoms with van der Waals surface area (Å²) in [5, 5.41) is 211. The molecule has 0 aromatic rings. The smallest absolute Gasteiger partial charge is 0.224 e. The third-order valence-electron chi connectivity index (χ3n) is 12.9. The van der Waals surface area contributed by atoms with Gasteiger partial charge in [-0.1, -0.05) is 0 Å². The zero-order valence-electron chi connectivity index (χ0n) is 35.3. The van der Waals surface area contributed by atoms with Crippen molar-refractivity contribution >= 4 is 0 Å². The summed E-state index contributed by atoms with van der Waals surface area (Å²) in [7, 11) is 0. The Balaban J connectivity index is 1.29. The van der Waals surface area contributed by atoms with Crippen LogP contribution in [0.1, 0.15) is 0 Å². The topological polar surface area (TPSA) is 506 Å². The molecule has 0 radical (unpaired) electrons. The highest BCUT2D eigenvalue weighted by Crippen LogP contribution is 2.44. The van der Waals surface area contributed by atoms with Crippen LogP contribution in [-0.4, -0.2) is 326 Å². The second-order valence-electron chi connectivity index (χ2n) is 17.1. The van der Waals surface area contributed by atoms with Crippen LogP contribution < -0.4 is 0 Å². The number of hydrogen-bond donors (Lipinski definition) is 20. The van der Waals surface area contributed by atoms with Crippen molar-refractivity contribution in [1.29, 1.82) is 0 Å². The van der Waals surface area contributed by atoms with Gasteiger partial charge in [0.1, 0.15) is 149 Å². The van der Waals surface area contributed by atoms with Crippen molar-refractivity contribution < 1.29 is 154 Å². The minimum absolute atomic E-state index is 0.836. The fourth-order valence-corrected chi connectivity index (χ4v) is 8.67. The van der Waals surface area contributed by atoms with E-state index in [2.05, 4.69) is 0 Å². The molecule has 6 aliphatic heterocycles. The molecule has 20 N–H and O–H groups in total. The van der Waals surface area contributed by atoms with Crippen LogP contribution >= 0.6 is 0 Å². The maximum Gasteiger partial charge on any atom is 0.224 e. The van der Waals surface area contributed by atoms with Gasteiger partial charge >= 0.3 is 0 Å². The van der Waals surface area contributed by atoms with E-state index in [9.17, 15) is 102 Å². The molecule has 6 saturated heterocycles. The van der Waals surface area contributed by atoms with E-state index in [1.54, 1.807) is 0 Å². The van der Waals surface area contributed by atoms with Crippen LogP contribution in [0.3, 0.4) is 0 Å². The van der Waals surface area contributed by atoms with Gasteiger partial charge in [-0.3, -0.25) is 0 Å². The van der Waals surface area contributed by atoms with E-state index >= 15 is 0 Å². The molecule has 6 aliphatic rings. The van der Waals surface area contributed by atoms with Gasteiger partial charge in [0.25, 0.3) is 0 Å². The Morgan fingerprint density at radius 2 is 0.612 bits per heavy atom. The van der Waals surface area contributed by atoms with E-state index < -0.39 is 224 Å². The molecule has 67 heavy (non-hydrogen) atoms. The third kappa shape index (κ3) is 9.75. The number of aliphatic hydroxyl groups excluding tert-OH is 20. The first-order valence-electron chi connectivity index (χ1n) is 21.0. The van der Waals surface area contributed by atoms with Crippen molar-refractivity contribution in [3.8, 4) is 0 Å². The predicted octanol–water partition coefficient (Wildman–Crippen LogP) is -14.1. The highest BCUT2D eigenvalue weighted by molar-refractivity contribution is 5.05. The molecule has 0 amide bonds. The Hall–Kier alpha value is -1.24. The molecule has 31 nitrogen and oxygen atoms in total. The van der Waals surface area contributed by atoms with Crippen LogP contribution in [0.4, 0.5) is 0 Å². The lowest BCUT2D eigenvalue weighted by Crippen LogP contribution is -2.64. The molecule has 31 heteroatoms. The van der Waals surface area contributed by atoms with E-state index in [0.717, 1.165) is 0 Å². The number of ether oxygens (including phenoxy) is 11. The molecule has 392 valence electrons. The van der Waals surface area contributed by atoms with Crippen LogP contribution in [0.2, 0.25) is 0 Å². The maximum absolute atomic E-state index is 11.5. The summed E-state index contributed by atoms with van der Waals surface area (Å²) in [5.74, 6) is -13.6. The Morgan fingerprint density at radius 3 is 0.970 bits per heavy atom. The monoisotopic (exact) mass is 990 g/mol. The van der Waals surface area contributed by atoms with E-state index in [1.807, 2.05) is 0 Å². The highest BCUT2D eigenvalue weighted by Gasteiger charge is 2.66. The quantitative estimate of drug-likeness (QED) is 0.0508. The summed E-state index contributed by atoms with van der Waals surface area (Å²) in [5.41, 5.74) is 0. The molecule has 6 rings (SSSR count). The van der Waals surface area contributed by atoms with E-state index in [4.69, 9.17) is 52.1 Å². The van der Waals surface area contributed by atoms with Crippen LogP contribution in [0.5, 0.6) is 0 Å². The van der Waals surface area contributed by atoms with Gasteiger partial charge in [0.15, 0.2) is 6.29 Å². The summed E-state index contributed by atoms with van der Waals surface area (Å²) in [6.45, 7) is -12.0. The molecular weight excluding hydrogens is 928 g/mol. The van der Waals surface area contributed by atoms with Gasteiger partial charge < -0.3 is 154 Å². The zero-order valence-corrected chi connectivity index (χ0v) is 35.3. The van der Waals surface area contributed by atoms with Crippen molar-refractivity contribution in [2.24, 2.45) is 0 Å². The summed E-state index contributed by atoms with van der Waals surface area (Å²) in [6.07, 6.45) is -39.6. The fourth-order valence-electron chi connectivity index (χ4n) is 8.67. The molecule has 25 atom stereocenters. The molecule has 0 bridgehead atoms. The van der Waals surface area contributed by atoms with Gasteiger partial charge in [-0.15, -0.1) is 0 Å². The molecule has 0 aliphatic carbocycles. The number of aliphatic hydroxyl groups is 20. The van der Waals surface area contributed by atoms with Gasteiger partial charge in [0.05, 0.1) is 39.6 Å². The summed E-state index contributed by atoms with van der Waals surface area (Å²) in [4.78, 5) is 0. The summed E-state index contributed by atoms with van der Waals surface area (Å²) < 4.78 is 62.1. The van der Waals surface area contributed by atoms with Crippen molar-refractivity contribution in [1.82, 2.24) is 0 Å². The Bertz CT molecular complexity index is 1590. The highest BCUT2D eigenvalue weighted by atomic mass is 16.8. The standard InChI is InChI=1S/C36H62O31/c37-1-12-19(45)26(52)32(7-42,62-12)57-6-17-18(44)24(50)25(51)31(61-17)67-36(30(56)23(49)16(5-41)66-36)11-60-35(29(55)22(48)15(4-40)65-35)10-59-34(28(54)21(47)14(3-39)64-34)9-58-33(8-43)27(53)20(46)13(2-38)63-33/h12-31,37-56H,1-11H2/t12-,13-,14-,15-,16-,17-,18-,19-,20-,21-,22-,23-,24+,25-,26+,27+,28+,29+,30+,31-,32-,33-,34-,35-,36+/m1/s1. The first kappa shape index (κ1) is 55.1. The lowest BCUT2D eigenvalue weighted by Gasteiger charge is -2.45. The zero-order chi connectivity index (χ0) is 49.6. The Labute approximate surface area is 378 Å². The second-order valence-corrected chi connectivity index (χ2v) is 17.1. The van der Waals surface area contributed by atoms with Crippen molar-refractivity contribution in [2.45, 2.75) is 151 Å². The van der Waals surface area contributed by atoms with Crippen molar-refractivity contribution in [2.75, 3.05) is 72.7 Å². The first-order valence-corrected chi connectivity index (χ1v) is 21.0. The number of rotatable bonds is 21. The molecule has 0 unspecified atom stereocenters. The van der Waals surface area contributed by atoms with Gasteiger partial charge in [-0.25, -0.2) is 0 Å². The summed E-state index contributed by atoms with van der Waals surface area (Å²) in [6, 6.07) is 0. The first-order chi connectivity index (χ1) is 31.6. The molecule has 6 heterocycles. The fraction of sp³-hybridized carbons (Fsp3) is 1.00. The van der Waals surface area contributed by atoms with Gasteiger partial charge in [-0.05, 0) is 0 Å². The molecular formula is C36H62O31. The average Bonchev–Trinajstić information content (AvgIpc) is 4.00. The van der Waals surface area contributed by atoms with E-state index in [0.29, 0.717) is 0 Å². The van der Waals surface area contributed by atoms with Crippen LogP contribution in [0.25, 0.3) is 0 Å². The second kappa shape index (κ2) is 21.5. The predicted molar refractivity (Wildman–Crippen MR) is 199 cm³/mol. The van der Waals surface area contributed by atoms with Crippen LogP contribution in [0, 0.1) is 0 Å². The van der Waals surface area contributed by atoms with Gasteiger partial charge in [0.2, 0.25) is 28.9 Å². The molecule has 0 saturated carbocycles. The van der Waals surface area contributed by atoms with Gasteiger partial charge in [-0.2, -0.15) is 0 Å². The lowest BCUT2D eigenvalue weighted by molar-refractivity contribution is -0.408. The van der Waals surface area contributed by atoms with E-state index in [1.165, 1.54) is 0 Å². The van der Waals surface area contributed by atoms with Crippen molar-refractivity contribution in [3.63, 3.8) is 0 Å². The SMILES string of the molecule is OC[C@H]1O[C@@](CO)(OC[C@H]2O[C@H](O[C@]3(CO[C@]4(CO[C@]5(CO[C@]6(CO)O[C@H](CO)[C@@H](O)[C@@H]6O)O[C@H](CO)[C@@H](O)[C@@H]5O)O[C@H](CO)[C@@H](O)[C@@H]4O)O[C@H](CO)[C@@H](O)[C@@H]3O)[C@H](O)[C@@H](O)[C@@H]2O)[C@@H](O)[C@@H]1O. The lowest BCUT2D eigenvalue weighted by atomic mass is 9.98. The van der Waals surface area contributed by atoms with Gasteiger partial charge in [0, 0.05) is 0 Å². The minimum atomic E-state index is -2.93. The normalized spacial score (nSPS) is 52.5. The molecule has 0 aromatic carbocycles. The molecule has 6 fully saturated rings. The van der Waals surface area contributed by atoms with E-state index in [-0.39, 0.29) is 0 Å². The van der Waals surface area contributed by atoms with Crippen LogP contribution in [-0.2, 0) is 52.1 Å². The molecule has 0 spiro atoms.